The first-order valence-electron chi connectivity index (χ1n) is 32.0. The molecule has 0 saturated carbocycles. The molecule has 17 heteroatoms. The van der Waals surface area contributed by atoms with Crippen molar-refractivity contribution in [3.63, 3.8) is 0 Å². The lowest BCUT2D eigenvalue weighted by atomic mass is 9.83. The highest BCUT2D eigenvalue weighted by Gasteiger charge is 2.36. The van der Waals surface area contributed by atoms with E-state index in [4.69, 9.17) is 9.47 Å². The second kappa shape index (κ2) is 40.8. The van der Waals surface area contributed by atoms with Crippen LogP contribution in [0.1, 0.15) is 276 Å². The maximum atomic E-state index is 13.2. The fourth-order valence-corrected chi connectivity index (χ4v) is 11.3. The van der Waals surface area contributed by atoms with Crippen LogP contribution in [-0.4, -0.2) is 92.7 Å². The van der Waals surface area contributed by atoms with Gasteiger partial charge in [0.25, 0.3) is 0 Å². The quantitative estimate of drug-likeness (QED) is 0.0116. The Morgan fingerprint density at radius 1 is 0.542 bits per heavy atom. The highest BCUT2D eigenvalue weighted by molar-refractivity contribution is 5.95. The summed E-state index contributed by atoms with van der Waals surface area (Å²) in [5, 5.41) is 36.4. The van der Waals surface area contributed by atoms with Crippen molar-refractivity contribution in [3.05, 3.63) is 22.3 Å². The van der Waals surface area contributed by atoms with Crippen LogP contribution in [0.2, 0.25) is 0 Å². The smallest absolute Gasteiger partial charge is 0.326 e. The van der Waals surface area contributed by atoms with Crippen LogP contribution >= 0.6 is 0 Å². The molecule has 0 bridgehead atoms. The van der Waals surface area contributed by atoms with Gasteiger partial charge in [-0.05, 0) is 114 Å². The zero-order valence-corrected chi connectivity index (χ0v) is 52.5. The van der Waals surface area contributed by atoms with Gasteiger partial charge in [-0.2, -0.15) is 0 Å². The van der Waals surface area contributed by atoms with Gasteiger partial charge in [0.2, 0.25) is 17.7 Å². The number of carbonyl (C=O) groups is 9. The van der Waals surface area contributed by atoms with Crippen LogP contribution in [0.3, 0.4) is 0 Å². The van der Waals surface area contributed by atoms with Crippen molar-refractivity contribution in [2.75, 3.05) is 0 Å². The van der Waals surface area contributed by atoms with Crippen LogP contribution in [0.25, 0.3) is 0 Å². The number of amides is 3. The number of carbonyl (C=O) groups excluding carboxylic acids is 6. The summed E-state index contributed by atoms with van der Waals surface area (Å²) in [6.07, 6.45) is 27.0. The number of hydrogen-bond donors (Lipinski definition) is 6. The normalized spacial score (nSPS) is 16.1. The van der Waals surface area contributed by atoms with E-state index in [1.807, 2.05) is 20.8 Å². The third kappa shape index (κ3) is 30.3. The van der Waals surface area contributed by atoms with Crippen LogP contribution in [0.4, 0.5) is 0 Å². The lowest BCUT2D eigenvalue weighted by Crippen LogP contribution is -2.44. The zero-order valence-electron chi connectivity index (χ0n) is 52.5. The lowest BCUT2D eigenvalue weighted by molar-refractivity contribution is -0.144. The Morgan fingerprint density at radius 3 is 1.51 bits per heavy atom. The molecule has 0 aliphatic carbocycles. The molecule has 6 N–H and O–H groups in total. The van der Waals surface area contributed by atoms with Crippen molar-refractivity contribution in [3.8, 4) is 11.5 Å². The van der Waals surface area contributed by atoms with Gasteiger partial charge in [-0.25, -0.2) is 14.4 Å². The fraction of sp³-hybridized carbons (Fsp3) is 0.773. The maximum Gasteiger partial charge on any atom is 0.326 e. The molecule has 17 nitrogen and oxygen atoms in total. The molecule has 1 heterocycles. The number of aldehydes is 1. The van der Waals surface area contributed by atoms with Crippen LogP contribution in [0, 0.1) is 44.4 Å². The fourth-order valence-electron chi connectivity index (χ4n) is 11.3. The second-order valence-corrected chi connectivity index (χ2v) is 25.0. The van der Waals surface area contributed by atoms with Gasteiger partial charge in [0, 0.05) is 31.2 Å². The monoisotopic (exact) mass is 1170 g/mol. The number of ketones is 1. The highest BCUT2D eigenvalue weighted by atomic mass is 16.5. The highest BCUT2D eigenvalue weighted by Crippen LogP contribution is 2.45. The molecule has 1 aliphatic heterocycles. The van der Waals surface area contributed by atoms with E-state index in [0.717, 1.165) is 97.6 Å². The van der Waals surface area contributed by atoms with Gasteiger partial charge in [-0.15, -0.1) is 0 Å². The molecule has 0 spiro atoms. The summed E-state index contributed by atoms with van der Waals surface area (Å²) in [5.41, 5.74) is 3.01. The Hall–Kier alpha value is -5.35. The molecule has 1 unspecified atom stereocenters. The number of carboxylic acids is 3. The minimum Gasteiger partial charge on any atom is -0.487 e. The Labute approximate surface area is 497 Å². The summed E-state index contributed by atoms with van der Waals surface area (Å²) in [6.45, 7) is 19.4. The molecular weight excluding hydrogens is 1060 g/mol. The van der Waals surface area contributed by atoms with E-state index in [9.17, 15) is 58.5 Å². The first kappa shape index (κ1) is 73.8. The largest absolute Gasteiger partial charge is 0.487 e. The van der Waals surface area contributed by atoms with E-state index in [0.29, 0.717) is 18.1 Å². The van der Waals surface area contributed by atoms with Gasteiger partial charge >= 0.3 is 23.9 Å². The minimum atomic E-state index is -1.72. The van der Waals surface area contributed by atoms with Crippen molar-refractivity contribution in [1.82, 2.24) is 16.0 Å². The predicted molar refractivity (Wildman–Crippen MR) is 323 cm³/mol. The van der Waals surface area contributed by atoms with Gasteiger partial charge in [0.15, 0.2) is 0 Å². The molecule has 83 heavy (non-hydrogen) atoms. The average molecular weight is 1170 g/mol. The molecule has 2 rings (SSSR count). The molecule has 1 aliphatic rings. The van der Waals surface area contributed by atoms with E-state index < -0.39 is 110 Å². The van der Waals surface area contributed by atoms with Crippen LogP contribution in [-0.2, 0) is 49.6 Å². The zero-order chi connectivity index (χ0) is 61.9. The number of benzene rings is 1. The van der Waals surface area contributed by atoms with Crippen molar-refractivity contribution < 1.29 is 67.9 Å². The van der Waals surface area contributed by atoms with Gasteiger partial charge in [-0.3, -0.25) is 24.0 Å². The van der Waals surface area contributed by atoms with E-state index in [1.54, 1.807) is 0 Å². The number of ether oxygens (including phenoxy) is 2. The van der Waals surface area contributed by atoms with Crippen molar-refractivity contribution >= 4 is 53.7 Å². The number of hydrogen-bond acceptors (Lipinski definition) is 11. The summed E-state index contributed by atoms with van der Waals surface area (Å²) in [4.78, 5) is 113. The van der Waals surface area contributed by atoms with E-state index in [-0.39, 0.29) is 24.7 Å². The molecule has 0 fully saturated rings. The van der Waals surface area contributed by atoms with E-state index in [2.05, 4.69) is 57.5 Å². The molecule has 472 valence electrons. The SMILES string of the molecule is CCCCCCCCCCCCCCCCCC(=O)N[C@@H](CCC(=O)N[C@@H](CCC(=O)C(C=O)C[C@H](NC(=O)CCC(=O)Oc1c(C)c(C)c2c(c1C)CC[C@@](C)(CCC[C@H](C)CCC[C@H](C)CCCC(C)C)O2)C(=O)O)C(=O)O)C(=O)O. The summed E-state index contributed by atoms with van der Waals surface area (Å²) in [7, 11) is 0. The number of aliphatic carboxylic acids is 3. The van der Waals surface area contributed by atoms with Crippen LogP contribution in [0.15, 0.2) is 0 Å². The third-order valence-corrected chi connectivity index (χ3v) is 16.9. The van der Waals surface area contributed by atoms with Gasteiger partial charge in [0.1, 0.15) is 47.3 Å². The van der Waals surface area contributed by atoms with Crippen molar-refractivity contribution in [2.45, 2.75) is 304 Å². The average Bonchev–Trinajstić information content (AvgIpc) is 3.39. The number of Topliss-reactive ketones (excluding diaryl/α,β-unsaturated/α-hetero) is 1. The van der Waals surface area contributed by atoms with E-state index in [1.165, 1.54) is 103 Å². The number of carboxylic acid groups (broad SMARTS) is 3. The first-order valence-corrected chi connectivity index (χ1v) is 32.0. The minimum absolute atomic E-state index is 0.131. The van der Waals surface area contributed by atoms with Gasteiger partial charge in [0.05, 0.1) is 12.3 Å². The lowest BCUT2D eigenvalue weighted by Gasteiger charge is -2.38. The second-order valence-electron chi connectivity index (χ2n) is 25.0. The molecule has 3 amide bonds. The van der Waals surface area contributed by atoms with Crippen LogP contribution < -0.4 is 25.4 Å². The Morgan fingerprint density at radius 2 is 1.00 bits per heavy atom. The number of nitrogens with one attached hydrogen (secondary N) is 3. The topological polar surface area (TPSA) is 269 Å². The summed E-state index contributed by atoms with van der Waals surface area (Å²) in [6, 6.07) is -4.73. The molecule has 1 aromatic carbocycles. The molecule has 0 saturated heterocycles. The third-order valence-electron chi connectivity index (χ3n) is 16.9. The number of unbranched alkanes of at least 4 members (excludes halogenated alkanes) is 14. The Kier molecular flexibility index (Phi) is 36.3. The Bertz CT molecular complexity index is 2190. The molecule has 7 atom stereocenters. The summed E-state index contributed by atoms with van der Waals surface area (Å²) < 4.78 is 12.6. The molecular formula is C66H109N3O14. The van der Waals surface area contributed by atoms with Crippen LogP contribution in [0.5, 0.6) is 11.5 Å². The van der Waals surface area contributed by atoms with Gasteiger partial charge in [-0.1, -0.05) is 169 Å². The number of rotatable bonds is 48. The molecule has 1 aromatic rings. The number of esters is 1. The van der Waals surface area contributed by atoms with Crippen molar-refractivity contribution in [2.24, 2.45) is 23.7 Å². The predicted octanol–water partition coefficient (Wildman–Crippen LogP) is 13.1. The maximum absolute atomic E-state index is 13.2. The molecule has 0 radical (unpaired) electrons. The van der Waals surface area contributed by atoms with Crippen molar-refractivity contribution in [1.29, 1.82) is 0 Å². The molecule has 0 aromatic heterocycles. The van der Waals surface area contributed by atoms with Gasteiger partial charge < -0.3 is 45.5 Å². The standard InChI is InChI=1S/C66H109N3O14/c1-10-11-12-13-14-15-16-17-18-19-20-21-22-23-24-33-57(72)67-54(64(78)79)35-37-58(73)68-53(63(76)77)34-36-56(71)51(44-70)43-55(65(80)81)69-59(74)38-39-60(75)82-61-48(6)49(7)62-52(50(61)8)40-42-66(9,83-62)41-27-32-47(5)31-26-30-46(4)29-25-28-45(2)3/h44-47,51,53-55H,10-43H2,1-9H3,(H,67,72)(H,68,73)(H,69,74)(H,76,77)(H,78,79)(H,80,81)/t46-,47-,51?,53+,54+,55+,66-/m1/s1. The van der Waals surface area contributed by atoms with E-state index >= 15 is 0 Å². The number of fused-ring (bicyclic) bond motifs is 1. The Balaban J connectivity index is 1.80. The summed E-state index contributed by atoms with van der Waals surface area (Å²) in [5.74, 6) is -6.30. The first-order chi connectivity index (χ1) is 39.4. The summed E-state index contributed by atoms with van der Waals surface area (Å²) >= 11 is 0.